The third kappa shape index (κ3) is 7.39. The van der Waals surface area contributed by atoms with E-state index in [9.17, 15) is 4.79 Å². The van der Waals surface area contributed by atoms with Crippen molar-refractivity contribution in [2.24, 2.45) is 0 Å². The van der Waals surface area contributed by atoms with Crippen molar-refractivity contribution in [2.75, 3.05) is 14.2 Å². The number of aldehydes is 1. The molecule has 0 aliphatic rings. The fourth-order valence-electron chi connectivity index (χ4n) is 0.346. The molecule has 6 heteroatoms. The van der Waals surface area contributed by atoms with Crippen LogP contribution in [0.4, 0.5) is 0 Å². The van der Waals surface area contributed by atoms with Crippen molar-refractivity contribution < 1.29 is 19.0 Å². The number of halogens is 1. The van der Waals surface area contributed by atoms with Crippen LogP contribution in [0.1, 0.15) is 0 Å². The molecular formula is C5H10BrNaO4. The summed E-state index contributed by atoms with van der Waals surface area (Å²) in [5, 5.41) is -0.683. The molecule has 11 heavy (non-hydrogen) atoms. The Bertz CT molecular complexity index is 98.5. The first-order valence-corrected chi connectivity index (χ1v) is 3.46. The van der Waals surface area contributed by atoms with E-state index >= 15 is 0 Å². The van der Waals surface area contributed by atoms with Crippen molar-refractivity contribution in [3.63, 3.8) is 0 Å². The van der Waals surface area contributed by atoms with Gasteiger partial charge in [0, 0.05) is 14.2 Å². The molecule has 0 aromatic rings. The van der Waals surface area contributed by atoms with Gasteiger partial charge < -0.3 is 14.2 Å². The van der Waals surface area contributed by atoms with Gasteiger partial charge in [0.2, 0.25) is 0 Å². The van der Waals surface area contributed by atoms with Crippen LogP contribution in [0.3, 0.4) is 0 Å². The molecule has 0 saturated carbocycles. The Hall–Kier alpha value is 1.03. The zero-order chi connectivity index (χ0) is 7.98. The molecular weight excluding hydrogens is 227 g/mol. The molecule has 0 spiro atoms. The number of carbonyl (C=O) groups excluding carboxylic acids is 1. The molecule has 0 bridgehead atoms. The van der Waals surface area contributed by atoms with Gasteiger partial charge in [-0.15, -0.1) is 0 Å². The summed E-state index contributed by atoms with van der Waals surface area (Å²) >= 11 is 2.91. The van der Waals surface area contributed by atoms with E-state index in [4.69, 9.17) is 4.74 Å². The van der Waals surface area contributed by atoms with Crippen molar-refractivity contribution in [1.82, 2.24) is 0 Å². The van der Waals surface area contributed by atoms with Gasteiger partial charge >= 0.3 is 29.6 Å². The van der Waals surface area contributed by atoms with E-state index < -0.39 is 11.5 Å². The quantitative estimate of drug-likeness (QED) is 0.289. The summed E-state index contributed by atoms with van der Waals surface area (Å²) in [7, 11) is 2.83. The van der Waals surface area contributed by atoms with Crippen LogP contribution in [-0.4, -0.2) is 61.6 Å². The van der Waals surface area contributed by atoms with Gasteiger partial charge in [0.05, 0.1) is 0 Å². The molecule has 0 N–H and O–H groups in total. The number of ether oxygens (including phenoxy) is 3. The van der Waals surface area contributed by atoms with Gasteiger partial charge in [-0.05, 0) is 15.9 Å². The third-order valence-corrected chi connectivity index (χ3v) is 1.16. The summed E-state index contributed by atoms with van der Waals surface area (Å²) in [6.07, 6.45) is 0.588. The van der Waals surface area contributed by atoms with Crippen LogP contribution >= 0.6 is 15.9 Å². The second kappa shape index (κ2) is 9.12. The number of hydrogen-bond donors (Lipinski definition) is 0. The standard InChI is InChI=1S/C5H9BrO4.Na.H/c1-8-5(9-2)10-4(6)3-7;;/h3-5H,1-2H3;;. The van der Waals surface area contributed by atoms with Crippen LogP contribution < -0.4 is 0 Å². The maximum atomic E-state index is 9.99. The molecule has 0 fully saturated rings. The van der Waals surface area contributed by atoms with Gasteiger partial charge in [0.15, 0.2) is 11.3 Å². The zero-order valence-electron chi connectivity index (χ0n) is 5.74. The van der Waals surface area contributed by atoms with E-state index in [1.54, 1.807) is 0 Å². The van der Waals surface area contributed by atoms with Crippen LogP contribution in [0.2, 0.25) is 0 Å². The Kier molecular flexibility index (Phi) is 12.1. The normalized spacial score (nSPS) is 12.4. The monoisotopic (exact) mass is 236 g/mol. The van der Waals surface area contributed by atoms with Crippen molar-refractivity contribution in [3.05, 3.63) is 0 Å². The molecule has 1 atom stereocenters. The number of methoxy groups -OCH3 is 2. The van der Waals surface area contributed by atoms with Gasteiger partial charge in [-0.3, -0.25) is 4.79 Å². The minimum absolute atomic E-state index is 0. The molecule has 0 amide bonds. The van der Waals surface area contributed by atoms with Gasteiger partial charge in [0.1, 0.15) is 0 Å². The molecule has 4 nitrogen and oxygen atoms in total. The first-order chi connectivity index (χ1) is 4.74. The third-order valence-electron chi connectivity index (χ3n) is 0.733. The van der Waals surface area contributed by atoms with E-state index in [1.165, 1.54) is 14.2 Å². The summed E-state index contributed by atoms with van der Waals surface area (Å²) in [4.78, 5) is 9.99. The molecule has 0 aliphatic heterocycles. The van der Waals surface area contributed by atoms with E-state index in [-0.39, 0.29) is 29.6 Å². The average Bonchev–Trinajstić information content (AvgIpc) is 1.99. The molecule has 0 saturated heterocycles. The number of hydrogen-bond acceptors (Lipinski definition) is 4. The number of rotatable bonds is 5. The second-order valence-corrected chi connectivity index (χ2v) is 2.29. The van der Waals surface area contributed by atoms with E-state index in [0.29, 0.717) is 6.29 Å². The van der Waals surface area contributed by atoms with Crippen molar-refractivity contribution in [2.45, 2.75) is 11.5 Å². The fraction of sp³-hybridized carbons (Fsp3) is 0.800. The Labute approximate surface area is 96.0 Å². The number of carbonyl (C=O) groups is 1. The van der Waals surface area contributed by atoms with E-state index in [0.717, 1.165) is 0 Å². The van der Waals surface area contributed by atoms with Gasteiger partial charge in [-0.25, -0.2) is 0 Å². The Morgan fingerprint density at radius 1 is 1.36 bits per heavy atom. The molecule has 62 valence electrons. The van der Waals surface area contributed by atoms with E-state index in [1.807, 2.05) is 0 Å². The van der Waals surface area contributed by atoms with Gasteiger partial charge in [-0.1, -0.05) is 0 Å². The first kappa shape index (κ1) is 14.5. The first-order valence-electron chi connectivity index (χ1n) is 2.55. The molecule has 0 rings (SSSR count). The summed E-state index contributed by atoms with van der Waals surface area (Å²) in [6, 6.07) is 0. The topological polar surface area (TPSA) is 44.8 Å². The minimum atomic E-state index is -0.797. The fourth-order valence-corrected chi connectivity index (χ4v) is 0.522. The van der Waals surface area contributed by atoms with Crippen molar-refractivity contribution in [1.29, 1.82) is 0 Å². The summed E-state index contributed by atoms with van der Waals surface area (Å²) in [5.41, 5.74) is 0. The predicted octanol–water partition coefficient (Wildman–Crippen LogP) is -0.149. The number of alkyl halides is 1. The van der Waals surface area contributed by atoms with Crippen LogP contribution in [0.25, 0.3) is 0 Å². The zero-order valence-corrected chi connectivity index (χ0v) is 7.33. The van der Waals surface area contributed by atoms with E-state index in [2.05, 4.69) is 25.4 Å². The average molecular weight is 237 g/mol. The molecule has 0 radical (unpaired) electrons. The van der Waals surface area contributed by atoms with Gasteiger partial charge in [-0.2, -0.15) is 0 Å². The van der Waals surface area contributed by atoms with Crippen molar-refractivity contribution in [3.8, 4) is 0 Å². The van der Waals surface area contributed by atoms with Gasteiger partial charge in [0.25, 0.3) is 6.48 Å². The Morgan fingerprint density at radius 3 is 2.09 bits per heavy atom. The predicted molar refractivity (Wildman–Crippen MR) is 44.8 cm³/mol. The van der Waals surface area contributed by atoms with Crippen molar-refractivity contribution >= 4 is 51.8 Å². The Morgan fingerprint density at radius 2 is 1.82 bits per heavy atom. The second-order valence-electron chi connectivity index (χ2n) is 1.38. The van der Waals surface area contributed by atoms with Crippen LogP contribution in [-0.2, 0) is 19.0 Å². The van der Waals surface area contributed by atoms with Crippen LogP contribution in [0.15, 0.2) is 0 Å². The molecule has 1 unspecified atom stereocenters. The van der Waals surface area contributed by atoms with Crippen LogP contribution in [0, 0.1) is 0 Å². The SMILES string of the molecule is COC(OC)OC(Br)C=O.[NaH]. The summed E-state index contributed by atoms with van der Waals surface area (Å²) in [6.45, 7) is -0.797. The summed E-state index contributed by atoms with van der Waals surface area (Å²) in [5.74, 6) is 0. The molecule has 0 aliphatic carbocycles. The summed E-state index contributed by atoms with van der Waals surface area (Å²) < 4.78 is 14.1. The maximum absolute atomic E-state index is 9.99. The Balaban J connectivity index is 0. The molecule has 0 aromatic heterocycles. The molecule has 0 heterocycles. The molecule has 0 aromatic carbocycles. The van der Waals surface area contributed by atoms with Crippen LogP contribution in [0.5, 0.6) is 0 Å².